The van der Waals surface area contributed by atoms with Crippen LogP contribution in [0.5, 0.6) is 0 Å². The highest BCUT2D eigenvalue weighted by molar-refractivity contribution is 6.30. The fourth-order valence-corrected chi connectivity index (χ4v) is 1.05. The van der Waals surface area contributed by atoms with Crippen molar-refractivity contribution in [2.75, 3.05) is 0 Å². The summed E-state index contributed by atoms with van der Waals surface area (Å²) in [6, 6.07) is 6.45. The summed E-state index contributed by atoms with van der Waals surface area (Å²) in [5, 5.41) is 9.37. The summed E-state index contributed by atoms with van der Waals surface area (Å²) < 4.78 is 0. The first-order valence-corrected chi connectivity index (χ1v) is 4.10. The van der Waals surface area contributed by atoms with Crippen LogP contribution in [0.2, 0.25) is 5.02 Å². The maximum absolute atomic E-state index is 10.7. The van der Waals surface area contributed by atoms with Crippen LogP contribution in [0.4, 0.5) is 0 Å². The van der Waals surface area contributed by atoms with Crippen molar-refractivity contribution in [1.29, 1.82) is 0 Å². The van der Waals surface area contributed by atoms with E-state index >= 15 is 0 Å². The quantitative estimate of drug-likeness (QED) is 0.761. The molecule has 0 fully saturated rings. The summed E-state index contributed by atoms with van der Waals surface area (Å²) in [6.07, 6.45) is 0. The van der Waals surface area contributed by atoms with Crippen LogP contribution in [-0.4, -0.2) is 11.1 Å². The molecule has 0 bridgehead atoms. The van der Waals surface area contributed by atoms with Gasteiger partial charge in [-0.2, -0.15) is 0 Å². The van der Waals surface area contributed by atoms with Crippen molar-refractivity contribution >= 4 is 17.6 Å². The van der Waals surface area contributed by atoms with Crippen LogP contribution in [0.1, 0.15) is 12.5 Å². The molecule has 70 valence electrons. The lowest BCUT2D eigenvalue weighted by Gasteiger charge is -2.19. The number of hydrogen-bond acceptors (Lipinski definition) is 2. The maximum atomic E-state index is 10.7. The molecule has 0 heterocycles. The topological polar surface area (TPSA) is 63.3 Å². The number of benzene rings is 1. The molecule has 0 aromatic heterocycles. The number of aliphatic carboxylic acids is 1. The molecule has 0 radical (unpaired) electrons. The van der Waals surface area contributed by atoms with Gasteiger partial charge < -0.3 is 10.8 Å². The summed E-state index contributed by atoms with van der Waals surface area (Å²) in [7, 11) is 0. The predicted molar refractivity (Wildman–Crippen MR) is 50.6 cm³/mol. The number of rotatable bonds is 2. The van der Waals surface area contributed by atoms with Gasteiger partial charge in [0.15, 0.2) is 0 Å². The van der Waals surface area contributed by atoms with Gasteiger partial charge in [0.1, 0.15) is 5.54 Å². The standard InChI is InChI=1S/C9H10ClNO2/c1-9(11,8(12)13)6-2-4-7(10)5-3-6/h2-5H,11H2,1H3,(H,12,13). The Morgan fingerprint density at radius 3 is 2.31 bits per heavy atom. The van der Waals surface area contributed by atoms with E-state index < -0.39 is 11.5 Å². The molecule has 3 nitrogen and oxygen atoms in total. The average Bonchev–Trinajstić information content (AvgIpc) is 2.04. The van der Waals surface area contributed by atoms with Crippen LogP contribution in [0.15, 0.2) is 24.3 Å². The van der Waals surface area contributed by atoms with Gasteiger partial charge in [-0.05, 0) is 24.6 Å². The Morgan fingerprint density at radius 1 is 1.46 bits per heavy atom. The zero-order valence-corrected chi connectivity index (χ0v) is 7.88. The van der Waals surface area contributed by atoms with Crippen molar-refractivity contribution < 1.29 is 9.90 Å². The lowest BCUT2D eigenvalue weighted by molar-refractivity contribution is -0.143. The molecular formula is C9H10ClNO2. The Bertz CT molecular complexity index is 319. The molecule has 0 amide bonds. The van der Waals surface area contributed by atoms with Crippen molar-refractivity contribution in [3.8, 4) is 0 Å². The first-order chi connectivity index (χ1) is 5.94. The van der Waals surface area contributed by atoms with Crippen LogP contribution >= 0.6 is 11.6 Å². The van der Waals surface area contributed by atoms with E-state index in [0.717, 1.165) is 0 Å². The zero-order valence-electron chi connectivity index (χ0n) is 7.12. The number of carboxylic acid groups (broad SMARTS) is 1. The van der Waals surface area contributed by atoms with Crippen molar-refractivity contribution in [3.05, 3.63) is 34.9 Å². The molecule has 4 heteroatoms. The molecule has 0 spiro atoms. The minimum atomic E-state index is -1.36. The van der Waals surface area contributed by atoms with Gasteiger partial charge in [0, 0.05) is 5.02 Å². The Balaban J connectivity index is 3.08. The molecule has 0 saturated heterocycles. The molecule has 1 aromatic rings. The second kappa shape index (κ2) is 3.36. The number of hydrogen-bond donors (Lipinski definition) is 2. The van der Waals surface area contributed by atoms with Crippen molar-refractivity contribution in [2.24, 2.45) is 5.73 Å². The molecule has 1 atom stereocenters. The Hall–Kier alpha value is -1.06. The second-order valence-electron chi connectivity index (χ2n) is 3.01. The van der Waals surface area contributed by atoms with Crippen molar-refractivity contribution in [2.45, 2.75) is 12.5 Å². The zero-order chi connectivity index (χ0) is 10.1. The van der Waals surface area contributed by atoms with Gasteiger partial charge in [-0.1, -0.05) is 23.7 Å². The second-order valence-corrected chi connectivity index (χ2v) is 3.45. The number of carboxylic acids is 1. The van der Waals surface area contributed by atoms with E-state index in [1.807, 2.05) is 0 Å². The normalized spacial score (nSPS) is 15.0. The largest absolute Gasteiger partial charge is 0.480 e. The first-order valence-electron chi connectivity index (χ1n) is 3.73. The molecule has 0 saturated carbocycles. The minimum absolute atomic E-state index is 0.532. The van der Waals surface area contributed by atoms with Gasteiger partial charge in [0.25, 0.3) is 0 Å². The third kappa shape index (κ3) is 1.99. The predicted octanol–water partition coefficient (Wildman–Crippen LogP) is 1.60. The Labute approximate surface area is 81.1 Å². The van der Waals surface area contributed by atoms with Crippen LogP contribution in [0.3, 0.4) is 0 Å². The molecule has 0 aliphatic heterocycles. The summed E-state index contributed by atoms with van der Waals surface area (Å²) in [6.45, 7) is 1.44. The summed E-state index contributed by atoms with van der Waals surface area (Å²) in [5.74, 6) is -1.06. The lowest BCUT2D eigenvalue weighted by atomic mass is 9.94. The summed E-state index contributed by atoms with van der Waals surface area (Å²) >= 11 is 5.65. The molecule has 3 N–H and O–H groups in total. The van der Waals surface area contributed by atoms with Crippen LogP contribution < -0.4 is 5.73 Å². The van der Waals surface area contributed by atoms with Crippen molar-refractivity contribution in [3.63, 3.8) is 0 Å². The highest BCUT2D eigenvalue weighted by Gasteiger charge is 2.29. The van der Waals surface area contributed by atoms with Gasteiger partial charge >= 0.3 is 5.97 Å². The van der Waals surface area contributed by atoms with Crippen LogP contribution in [0, 0.1) is 0 Å². The van der Waals surface area contributed by atoms with Crippen molar-refractivity contribution in [1.82, 2.24) is 0 Å². The van der Waals surface area contributed by atoms with Crippen LogP contribution in [0.25, 0.3) is 0 Å². The van der Waals surface area contributed by atoms with E-state index in [0.29, 0.717) is 10.6 Å². The number of halogens is 1. The van der Waals surface area contributed by atoms with E-state index in [4.69, 9.17) is 22.4 Å². The maximum Gasteiger partial charge on any atom is 0.328 e. The number of carbonyl (C=O) groups is 1. The molecule has 0 aliphatic rings. The molecule has 1 aromatic carbocycles. The third-order valence-corrected chi connectivity index (χ3v) is 2.14. The molecule has 1 unspecified atom stereocenters. The first kappa shape index (κ1) is 10.0. The van der Waals surface area contributed by atoms with Crippen LogP contribution in [-0.2, 0) is 10.3 Å². The number of nitrogens with two attached hydrogens (primary N) is 1. The summed E-state index contributed by atoms with van der Waals surface area (Å²) in [4.78, 5) is 10.7. The fraction of sp³-hybridized carbons (Fsp3) is 0.222. The van der Waals surface area contributed by atoms with E-state index in [1.165, 1.54) is 6.92 Å². The highest BCUT2D eigenvalue weighted by Crippen LogP contribution is 2.19. The van der Waals surface area contributed by atoms with Gasteiger partial charge in [-0.3, -0.25) is 0 Å². The third-order valence-electron chi connectivity index (χ3n) is 1.89. The van der Waals surface area contributed by atoms with Gasteiger partial charge in [0.2, 0.25) is 0 Å². The van der Waals surface area contributed by atoms with E-state index in [-0.39, 0.29) is 0 Å². The average molecular weight is 200 g/mol. The Morgan fingerprint density at radius 2 is 1.92 bits per heavy atom. The fourth-order valence-electron chi connectivity index (χ4n) is 0.920. The monoisotopic (exact) mass is 199 g/mol. The summed E-state index contributed by atoms with van der Waals surface area (Å²) in [5.41, 5.74) is 4.76. The SMILES string of the molecule is CC(N)(C(=O)O)c1ccc(Cl)cc1. The Kier molecular flexibility index (Phi) is 2.59. The van der Waals surface area contributed by atoms with E-state index in [2.05, 4.69) is 0 Å². The molecule has 0 aliphatic carbocycles. The highest BCUT2D eigenvalue weighted by atomic mass is 35.5. The van der Waals surface area contributed by atoms with Gasteiger partial charge in [-0.15, -0.1) is 0 Å². The smallest absolute Gasteiger partial charge is 0.328 e. The van der Waals surface area contributed by atoms with Gasteiger partial charge in [0.05, 0.1) is 0 Å². The lowest BCUT2D eigenvalue weighted by Crippen LogP contribution is -2.41. The molecular weight excluding hydrogens is 190 g/mol. The molecule has 13 heavy (non-hydrogen) atoms. The van der Waals surface area contributed by atoms with Gasteiger partial charge in [-0.25, -0.2) is 4.79 Å². The van der Waals surface area contributed by atoms with E-state index in [9.17, 15) is 4.79 Å². The molecule has 1 rings (SSSR count). The van der Waals surface area contributed by atoms with E-state index in [1.54, 1.807) is 24.3 Å². The minimum Gasteiger partial charge on any atom is -0.480 e.